The van der Waals surface area contributed by atoms with Crippen LogP contribution in [0.4, 0.5) is 5.69 Å². The molecule has 0 radical (unpaired) electrons. The predicted octanol–water partition coefficient (Wildman–Crippen LogP) is 5.01. The number of thioether (sulfide) groups is 1. The van der Waals surface area contributed by atoms with Crippen LogP contribution in [0.1, 0.15) is 25.7 Å². The summed E-state index contributed by atoms with van der Waals surface area (Å²) in [6.07, 6.45) is 7.85. The van der Waals surface area contributed by atoms with E-state index in [1.54, 1.807) is 18.9 Å². The SMILES string of the molecule is COc1ccc(OCCCCN2CCC(N(C)C(=Nc3ccccc3)SC)CC2)cc1.O=C(O)C=CC(=O)O. The molecule has 2 aromatic carbocycles. The number of rotatable bonds is 11. The number of carboxylic acids is 2. The molecule has 1 aliphatic heterocycles. The number of hydrogen-bond acceptors (Lipinski definition) is 7. The molecule has 1 fully saturated rings. The van der Waals surface area contributed by atoms with Gasteiger partial charge in [-0.25, -0.2) is 14.6 Å². The van der Waals surface area contributed by atoms with E-state index in [0.717, 1.165) is 55.0 Å². The van der Waals surface area contributed by atoms with E-state index in [-0.39, 0.29) is 0 Å². The van der Waals surface area contributed by atoms with Crippen LogP contribution in [0, 0.1) is 0 Å². The molecule has 0 amide bonds. The minimum Gasteiger partial charge on any atom is -0.497 e. The maximum absolute atomic E-state index is 9.55. The van der Waals surface area contributed by atoms with Crippen molar-refractivity contribution in [2.45, 2.75) is 31.7 Å². The number of carbonyl (C=O) groups is 2. The first-order valence-electron chi connectivity index (χ1n) is 12.9. The van der Waals surface area contributed by atoms with E-state index >= 15 is 0 Å². The van der Waals surface area contributed by atoms with E-state index in [4.69, 9.17) is 24.7 Å². The van der Waals surface area contributed by atoms with Crippen LogP contribution < -0.4 is 9.47 Å². The van der Waals surface area contributed by atoms with Crippen LogP contribution in [0.25, 0.3) is 0 Å². The third kappa shape index (κ3) is 12.7. The second kappa shape index (κ2) is 17.9. The summed E-state index contributed by atoms with van der Waals surface area (Å²) in [4.78, 5) is 28.9. The van der Waals surface area contributed by atoms with Gasteiger partial charge in [-0.15, -0.1) is 0 Å². The number of benzene rings is 2. The van der Waals surface area contributed by atoms with Crippen molar-refractivity contribution in [2.24, 2.45) is 4.99 Å². The first-order valence-corrected chi connectivity index (χ1v) is 14.1. The van der Waals surface area contributed by atoms with Gasteiger partial charge in [0.25, 0.3) is 0 Å². The number of likely N-dealkylation sites (tertiary alicyclic amines) is 1. The lowest BCUT2D eigenvalue weighted by Crippen LogP contribution is -2.45. The zero-order valence-electron chi connectivity index (χ0n) is 22.9. The lowest BCUT2D eigenvalue weighted by Gasteiger charge is -2.37. The average molecular weight is 558 g/mol. The Hall–Kier alpha value is -3.50. The van der Waals surface area contributed by atoms with Gasteiger partial charge in [-0.05, 0) is 74.9 Å². The maximum Gasteiger partial charge on any atom is 0.328 e. The molecule has 0 aliphatic carbocycles. The van der Waals surface area contributed by atoms with E-state index in [9.17, 15) is 9.59 Å². The van der Waals surface area contributed by atoms with Crippen LogP contribution in [0.5, 0.6) is 11.5 Å². The molecule has 1 saturated heterocycles. The molecule has 212 valence electrons. The molecule has 0 bridgehead atoms. The second-order valence-corrected chi connectivity index (χ2v) is 9.63. The van der Waals surface area contributed by atoms with Gasteiger partial charge in [0.2, 0.25) is 0 Å². The van der Waals surface area contributed by atoms with Crippen molar-refractivity contribution in [3.63, 3.8) is 0 Å². The quantitative estimate of drug-likeness (QED) is 0.170. The number of ether oxygens (including phenoxy) is 2. The molecule has 2 aromatic rings. The molecular weight excluding hydrogens is 518 g/mol. The molecule has 0 aromatic heterocycles. The van der Waals surface area contributed by atoms with E-state index in [1.165, 1.54) is 19.3 Å². The Kier molecular flexibility index (Phi) is 14.6. The summed E-state index contributed by atoms with van der Waals surface area (Å²) >= 11 is 1.73. The minimum absolute atomic E-state index is 0.558. The number of aliphatic imine (C=N–C) groups is 1. The summed E-state index contributed by atoms with van der Waals surface area (Å²) in [5.41, 5.74) is 1.02. The number of carboxylic acid groups (broad SMARTS) is 2. The van der Waals surface area contributed by atoms with Gasteiger partial charge in [0.05, 0.1) is 19.4 Å². The third-order valence-corrected chi connectivity index (χ3v) is 6.88. The van der Waals surface area contributed by atoms with Crippen molar-refractivity contribution < 1.29 is 29.3 Å². The van der Waals surface area contributed by atoms with Gasteiger partial charge >= 0.3 is 11.9 Å². The summed E-state index contributed by atoms with van der Waals surface area (Å²) in [5.74, 6) is -0.747. The number of hydrogen-bond donors (Lipinski definition) is 2. The van der Waals surface area contributed by atoms with E-state index in [2.05, 4.69) is 35.2 Å². The standard InChI is InChI=1S/C25H35N3O2S.C4H4O4/c1-27(25(31-3)26-21-9-5-4-6-10-21)22-15-18-28(19-16-22)17-7-8-20-30-24-13-11-23(29-2)12-14-24;5-3(6)1-2-4(7)8/h4-6,9-14,22H,7-8,15-20H2,1-3H3;1-2H,(H,5,6)(H,7,8). The van der Waals surface area contributed by atoms with Gasteiger partial charge in [0, 0.05) is 38.3 Å². The Bertz CT molecular complexity index is 1040. The van der Waals surface area contributed by atoms with Crippen molar-refractivity contribution in [3.8, 4) is 11.5 Å². The number of unbranched alkanes of at least 4 members (excludes halogenated alkanes) is 1. The number of aliphatic carboxylic acids is 2. The molecule has 39 heavy (non-hydrogen) atoms. The summed E-state index contributed by atoms with van der Waals surface area (Å²) in [5, 5.41) is 16.7. The lowest BCUT2D eigenvalue weighted by atomic mass is 10.0. The van der Waals surface area contributed by atoms with E-state index in [0.29, 0.717) is 18.2 Å². The van der Waals surface area contributed by atoms with Gasteiger partial charge in [-0.2, -0.15) is 0 Å². The van der Waals surface area contributed by atoms with Crippen molar-refractivity contribution in [1.82, 2.24) is 9.80 Å². The largest absolute Gasteiger partial charge is 0.497 e. The smallest absolute Gasteiger partial charge is 0.328 e. The first kappa shape index (κ1) is 31.7. The predicted molar refractivity (Wildman–Crippen MR) is 156 cm³/mol. The van der Waals surface area contributed by atoms with Crippen LogP contribution in [-0.4, -0.2) is 89.8 Å². The zero-order valence-corrected chi connectivity index (χ0v) is 23.7. The number of para-hydroxylation sites is 1. The molecule has 1 aliphatic rings. The lowest BCUT2D eigenvalue weighted by molar-refractivity contribution is -0.134. The van der Waals surface area contributed by atoms with Crippen LogP contribution in [0.15, 0.2) is 71.7 Å². The molecule has 0 unspecified atom stereocenters. The highest BCUT2D eigenvalue weighted by Gasteiger charge is 2.24. The second-order valence-electron chi connectivity index (χ2n) is 8.86. The number of amidine groups is 1. The van der Waals surface area contributed by atoms with Crippen LogP contribution in [-0.2, 0) is 9.59 Å². The molecule has 1 heterocycles. The maximum atomic E-state index is 9.55. The monoisotopic (exact) mass is 557 g/mol. The number of methoxy groups -OCH3 is 1. The first-order chi connectivity index (χ1) is 18.8. The molecular formula is C29H39N3O6S. The molecule has 9 nitrogen and oxygen atoms in total. The summed E-state index contributed by atoms with van der Waals surface area (Å²) < 4.78 is 11.0. The zero-order chi connectivity index (χ0) is 28.5. The van der Waals surface area contributed by atoms with Crippen LogP contribution >= 0.6 is 11.8 Å². The summed E-state index contributed by atoms with van der Waals surface area (Å²) in [6.45, 7) is 4.22. The van der Waals surface area contributed by atoms with Crippen LogP contribution in [0.2, 0.25) is 0 Å². The van der Waals surface area contributed by atoms with E-state index < -0.39 is 11.9 Å². The van der Waals surface area contributed by atoms with E-state index in [1.807, 2.05) is 42.5 Å². The van der Waals surface area contributed by atoms with Crippen molar-refractivity contribution in [3.05, 3.63) is 66.7 Å². The minimum atomic E-state index is -1.26. The molecule has 2 N–H and O–H groups in total. The highest BCUT2D eigenvalue weighted by molar-refractivity contribution is 8.13. The third-order valence-electron chi connectivity index (χ3n) is 6.14. The fraction of sp³-hybridized carbons (Fsp3) is 0.414. The highest BCUT2D eigenvalue weighted by atomic mass is 32.2. The molecule has 10 heteroatoms. The van der Waals surface area contributed by atoms with Gasteiger partial charge < -0.3 is 29.5 Å². The van der Waals surface area contributed by atoms with Gasteiger partial charge in [-0.1, -0.05) is 30.0 Å². The topological polar surface area (TPSA) is 112 Å². The van der Waals surface area contributed by atoms with Crippen molar-refractivity contribution in [1.29, 1.82) is 0 Å². The van der Waals surface area contributed by atoms with Gasteiger partial charge in [0.15, 0.2) is 5.17 Å². The molecule has 0 saturated carbocycles. The fourth-order valence-corrected chi connectivity index (χ4v) is 4.64. The van der Waals surface area contributed by atoms with Gasteiger partial charge in [0.1, 0.15) is 11.5 Å². The Morgan fingerprint density at radius 2 is 1.59 bits per heavy atom. The summed E-state index contributed by atoms with van der Waals surface area (Å²) in [7, 11) is 3.87. The molecule has 0 spiro atoms. The Morgan fingerprint density at radius 3 is 2.13 bits per heavy atom. The summed E-state index contributed by atoms with van der Waals surface area (Å²) in [6, 6.07) is 18.6. The van der Waals surface area contributed by atoms with Gasteiger partial charge in [-0.3, -0.25) is 0 Å². The molecule has 0 atom stereocenters. The Balaban J connectivity index is 0.000000580. The fourth-order valence-electron chi connectivity index (χ4n) is 4.01. The number of nitrogens with zero attached hydrogens (tertiary/aromatic N) is 3. The van der Waals surface area contributed by atoms with Crippen molar-refractivity contribution in [2.75, 3.05) is 46.7 Å². The normalized spacial score (nSPS) is 14.4. The Labute approximate surface area is 235 Å². The Morgan fingerprint density at radius 1 is 1.00 bits per heavy atom. The highest BCUT2D eigenvalue weighted by Crippen LogP contribution is 2.22. The molecule has 3 rings (SSSR count). The van der Waals surface area contributed by atoms with Crippen LogP contribution in [0.3, 0.4) is 0 Å². The number of piperidine rings is 1. The van der Waals surface area contributed by atoms with Crippen molar-refractivity contribution >= 4 is 34.6 Å². The average Bonchev–Trinajstić information content (AvgIpc) is 2.96.